The molecule has 4 heteroatoms. The van der Waals surface area contributed by atoms with E-state index in [0.717, 1.165) is 5.70 Å². The molecule has 0 unspecified atom stereocenters. The Balaban J connectivity index is 1.89. The van der Waals surface area contributed by atoms with E-state index in [1.54, 1.807) is 5.06 Å². The van der Waals surface area contributed by atoms with Crippen molar-refractivity contribution in [2.45, 2.75) is 0 Å². The summed E-state index contributed by atoms with van der Waals surface area (Å²) < 4.78 is 0. The Kier molecular flexibility index (Phi) is 2.57. The fourth-order valence-electron chi connectivity index (χ4n) is 1.97. The quantitative estimate of drug-likeness (QED) is 0.859. The van der Waals surface area contributed by atoms with Crippen LogP contribution in [0.2, 0.25) is 0 Å². The molecule has 2 heterocycles. The van der Waals surface area contributed by atoms with Crippen LogP contribution in [0, 0.1) is 0 Å². The van der Waals surface area contributed by atoms with Gasteiger partial charge in [0.1, 0.15) is 0 Å². The van der Waals surface area contributed by atoms with Gasteiger partial charge in [-0.25, -0.2) is 10.5 Å². The molecule has 92 valence electrons. The highest BCUT2D eigenvalue weighted by molar-refractivity contribution is 5.78. The molecule has 0 bridgehead atoms. The maximum absolute atomic E-state index is 5.14. The first kappa shape index (κ1) is 10.9. The van der Waals surface area contributed by atoms with Crippen molar-refractivity contribution in [1.29, 1.82) is 0 Å². The molecule has 3 rings (SSSR count). The average Bonchev–Trinajstić information content (AvgIpc) is 2.86. The number of hydrogen-bond acceptors (Lipinski definition) is 4. The van der Waals surface area contributed by atoms with Crippen molar-refractivity contribution in [1.82, 2.24) is 10.5 Å². The van der Waals surface area contributed by atoms with Crippen LogP contribution in [0.25, 0.3) is 5.57 Å². The molecular formula is C14H15N3O. The van der Waals surface area contributed by atoms with E-state index in [0.29, 0.717) is 0 Å². The van der Waals surface area contributed by atoms with Crippen molar-refractivity contribution in [3.8, 4) is 0 Å². The summed E-state index contributed by atoms with van der Waals surface area (Å²) >= 11 is 0. The van der Waals surface area contributed by atoms with Gasteiger partial charge in [-0.3, -0.25) is 0 Å². The normalized spacial score (nSPS) is 16.9. The topological polar surface area (TPSA) is 27.7 Å². The van der Waals surface area contributed by atoms with E-state index in [-0.39, 0.29) is 0 Å². The van der Waals surface area contributed by atoms with Gasteiger partial charge in [0.25, 0.3) is 0 Å². The maximum Gasteiger partial charge on any atom is 0.0900 e. The van der Waals surface area contributed by atoms with Crippen LogP contribution < -0.4 is 10.4 Å². The minimum atomic E-state index is 1.00. The number of nitrogens with one attached hydrogen (secondary N) is 1. The van der Waals surface area contributed by atoms with Crippen LogP contribution in [0.4, 0.5) is 5.69 Å². The molecule has 0 atom stereocenters. The van der Waals surface area contributed by atoms with Gasteiger partial charge in [-0.2, -0.15) is 4.94 Å². The average molecular weight is 241 g/mol. The monoisotopic (exact) mass is 241 g/mol. The maximum atomic E-state index is 5.14. The van der Waals surface area contributed by atoms with E-state index < -0.39 is 0 Å². The zero-order valence-electron chi connectivity index (χ0n) is 10.4. The first-order chi connectivity index (χ1) is 8.74. The summed E-state index contributed by atoms with van der Waals surface area (Å²) in [5.74, 6) is 0. The molecule has 18 heavy (non-hydrogen) atoms. The standard InChI is InChI=1S/C14H15N3O/c1-16(2)13-5-3-11(4-6-13)12-7-8-17-14(9-12)10-15-18-17/h3-10,15H,1-2H3. The van der Waals surface area contributed by atoms with E-state index in [1.807, 2.05) is 32.6 Å². The Morgan fingerprint density at radius 2 is 1.94 bits per heavy atom. The van der Waals surface area contributed by atoms with E-state index in [2.05, 4.69) is 40.7 Å². The fourth-order valence-corrected chi connectivity index (χ4v) is 1.97. The van der Waals surface area contributed by atoms with Gasteiger partial charge >= 0.3 is 0 Å². The van der Waals surface area contributed by atoms with Gasteiger partial charge in [0, 0.05) is 26.0 Å². The zero-order valence-corrected chi connectivity index (χ0v) is 10.4. The lowest BCUT2D eigenvalue weighted by Crippen LogP contribution is -2.15. The van der Waals surface area contributed by atoms with Crippen LogP contribution in [0.1, 0.15) is 5.56 Å². The molecule has 0 radical (unpaired) electrons. The second kappa shape index (κ2) is 4.23. The third-order valence-corrected chi connectivity index (χ3v) is 3.02. The van der Waals surface area contributed by atoms with Gasteiger partial charge < -0.3 is 4.90 Å². The van der Waals surface area contributed by atoms with Crippen LogP contribution in [-0.2, 0) is 4.94 Å². The molecule has 1 N–H and O–H groups in total. The Bertz CT molecular complexity index is 541. The largest absolute Gasteiger partial charge is 0.378 e. The van der Waals surface area contributed by atoms with Crippen molar-refractivity contribution in [3.63, 3.8) is 0 Å². The van der Waals surface area contributed by atoms with Crippen molar-refractivity contribution >= 4 is 11.3 Å². The Morgan fingerprint density at radius 1 is 1.17 bits per heavy atom. The van der Waals surface area contributed by atoms with Crippen LogP contribution in [-0.4, -0.2) is 19.2 Å². The fraction of sp³-hybridized carbons (Fsp3) is 0.143. The Hall–Kier alpha value is -2.20. The summed E-state index contributed by atoms with van der Waals surface area (Å²) in [6, 6.07) is 8.50. The summed E-state index contributed by atoms with van der Waals surface area (Å²) in [5.41, 5.74) is 7.30. The lowest BCUT2D eigenvalue weighted by Gasteiger charge is -2.18. The minimum Gasteiger partial charge on any atom is -0.378 e. The molecule has 0 fully saturated rings. The summed E-state index contributed by atoms with van der Waals surface area (Å²) in [6.07, 6.45) is 7.86. The number of allylic oxidation sites excluding steroid dienone is 3. The molecule has 1 aromatic rings. The molecule has 1 aromatic carbocycles. The number of fused-ring (bicyclic) bond motifs is 1. The van der Waals surface area contributed by atoms with Gasteiger partial charge in [0.15, 0.2) is 0 Å². The number of hydroxylamine groups is 3. The van der Waals surface area contributed by atoms with Crippen molar-refractivity contribution in [2.24, 2.45) is 0 Å². The molecule has 0 amide bonds. The van der Waals surface area contributed by atoms with Gasteiger partial charge in [-0.1, -0.05) is 12.1 Å². The lowest BCUT2D eigenvalue weighted by molar-refractivity contribution is -0.112. The number of hydrogen-bond donors (Lipinski definition) is 1. The third kappa shape index (κ3) is 1.87. The summed E-state index contributed by atoms with van der Waals surface area (Å²) in [5, 5.41) is 1.69. The molecule has 0 aliphatic carbocycles. The first-order valence-electron chi connectivity index (χ1n) is 5.83. The number of rotatable bonds is 2. The van der Waals surface area contributed by atoms with Crippen LogP contribution >= 0.6 is 0 Å². The van der Waals surface area contributed by atoms with Gasteiger partial charge in [0.2, 0.25) is 0 Å². The molecule has 0 saturated carbocycles. The van der Waals surface area contributed by atoms with Crippen molar-refractivity contribution in [3.05, 3.63) is 60.1 Å². The van der Waals surface area contributed by atoms with E-state index in [4.69, 9.17) is 4.94 Å². The molecule has 0 aromatic heterocycles. The SMILES string of the molecule is CN(C)c1ccc(C2=CC3=CNON3C=C2)cc1. The molecular weight excluding hydrogens is 226 g/mol. The molecule has 4 nitrogen and oxygen atoms in total. The predicted octanol–water partition coefficient (Wildman–Crippen LogP) is 2.26. The third-order valence-electron chi connectivity index (χ3n) is 3.02. The van der Waals surface area contributed by atoms with Crippen molar-refractivity contribution in [2.75, 3.05) is 19.0 Å². The van der Waals surface area contributed by atoms with Crippen molar-refractivity contribution < 1.29 is 4.94 Å². The molecule has 0 spiro atoms. The molecule has 2 aliphatic rings. The van der Waals surface area contributed by atoms with Crippen LogP contribution in [0.5, 0.6) is 0 Å². The number of benzene rings is 1. The summed E-state index contributed by atoms with van der Waals surface area (Å²) in [6.45, 7) is 0. The van der Waals surface area contributed by atoms with E-state index in [9.17, 15) is 0 Å². The highest BCUT2D eigenvalue weighted by atomic mass is 16.8. The van der Waals surface area contributed by atoms with Gasteiger partial charge in [0.05, 0.1) is 11.9 Å². The minimum absolute atomic E-state index is 1.00. The second-order valence-corrected chi connectivity index (χ2v) is 4.46. The Labute approximate surface area is 106 Å². The highest BCUT2D eigenvalue weighted by Crippen LogP contribution is 2.27. The zero-order chi connectivity index (χ0) is 12.5. The van der Waals surface area contributed by atoms with E-state index >= 15 is 0 Å². The Morgan fingerprint density at radius 3 is 2.67 bits per heavy atom. The van der Waals surface area contributed by atoms with E-state index in [1.165, 1.54) is 16.8 Å². The number of nitrogens with zero attached hydrogens (tertiary/aromatic N) is 2. The van der Waals surface area contributed by atoms with Crippen LogP contribution in [0.3, 0.4) is 0 Å². The van der Waals surface area contributed by atoms with Crippen LogP contribution in [0.15, 0.2) is 54.5 Å². The van der Waals surface area contributed by atoms with Gasteiger partial charge in [-0.05, 0) is 35.4 Å². The smallest absolute Gasteiger partial charge is 0.0900 e. The molecule has 0 saturated heterocycles. The highest BCUT2D eigenvalue weighted by Gasteiger charge is 2.16. The number of anilines is 1. The summed E-state index contributed by atoms with van der Waals surface area (Å²) in [4.78, 5) is 7.24. The predicted molar refractivity (Wildman–Crippen MR) is 72.0 cm³/mol. The lowest BCUT2D eigenvalue weighted by atomic mass is 10.0. The second-order valence-electron chi connectivity index (χ2n) is 4.46. The summed E-state index contributed by atoms with van der Waals surface area (Å²) in [7, 11) is 4.08. The first-order valence-corrected chi connectivity index (χ1v) is 5.83. The molecule has 2 aliphatic heterocycles. The van der Waals surface area contributed by atoms with Gasteiger partial charge in [-0.15, -0.1) is 0 Å².